The van der Waals surface area contributed by atoms with Crippen molar-refractivity contribution in [2.75, 3.05) is 7.05 Å². The Morgan fingerprint density at radius 2 is 2.05 bits per heavy atom. The molecule has 4 nitrogen and oxygen atoms in total. The van der Waals surface area contributed by atoms with E-state index in [2.05, 4.69) is 10.0 Å². The lowest BCUT2D eigenvalue weighted by Gasteiger charge is -2.41. The summed E-state index contributed by atoms with van der Waals surface area (Å²) in [5.41, 5.74) is 0.623. The number of sulfonamides is 1. The van der Waals surface area contributed by atoms with E-state index in [1.807, 2.05) is 20.0 Å². The van der Waals surface area contributed by atoms with E-state index in [9.17, 15) is 8.42 Å². The van der Waals surface area contributed by atoms with Crippen LogP contribution in [0.4, 0.5) is 0 Å². The SMILES string of the molecule is CCC1(NS(=O)(=O)c2cc(CNC)ccc2Cl)CCC1. The zero-order valence-corrected chi connectivity index (χ0v) is 13.4. The van der Waals surface area contributed by atoms with E-state index in [1.165, 1.54) is 0 Å². The molecule has 0 saturated heterocycles. The average Bonchev–Trinajstić information content (AvgIpc) is 2.36. The molecule has 112 valence electrons. The van der Waals surface area contributed by atoms with Gasteiger partial charge in [0.2, 0.25) is 10.0 Å². The molecule has 2 N–H and O–H groups in total. The molecule has 0 bridgehead atoms. The van der Waals surface area contributed by atoms with Crippen molar-refractivity contribution in [1.29, 1.82) is 0 Å². The summed E-state index contributed by atoms with van der Waals surface area (Å²) < 4.78 is 28.0. The molecule has 0 unspecified atom stereocenters. The first kappa shape index (κ1) is 15.8. The summed E-state index contributed by atoms with van der Waals surface area (Å²) in [5, 5.41) is 3.27. The second-order valence-electron chi connectivity index (χ2n) is 5.39. The van der Waals surface area contributed by atoms with Gasteiger partial charge in [0.05, 0.1) is 5.02 Å². The molecule has 1 aromatic carbocycles. The smallest absolute Gasteiger partial charge is 0.242 e. The van der Waals surface area contributed by atoms with Crippen LogP contribution in [0.2, 0.25) is 5.02 Å². The molecule has 0 aromatic heterocycles. The van der Waals surface area contributed by atoms with E-state index >= 15 is 0 Å². The van der Waals surface area contributed by atoms with Crippen LogP contribution in [0, 0.1) is 0 Å². The van der Waals surface area contributed by atoms with Crippen molar-refractivity contribution in [3.8, 4) is 0 Å². The number of rotatable bonds is 6. The molecule has 2 rings (SSSR count). The second kappa shape index (κ2) is 6.02. The summed E-state index contributed by atoms with van der Waals surface area (Å²) in [6, 6.07) is 5.11. The summed E-state index contributed by atoms with van der Waals surface area (Å²) in [4.78, 5) is 0.173. The Morgan fingerprint density at radius 1 is 1.35 bits per heavy atom. The second-order valence-corrected chi connectivity index (χ2v) is 7.45. The molecule has 1 aliphatic rings. The molecule has 1 aromatic rings. The fourth-order valence-electron chi connectivity index (χ4n) is 2.54. The lowest BCUT2D eigenvalue weighted by molar-refractivity contribution is 0.214. The molecule has 1 saturated carbocycles. The van der Waals surface area contributed by atoms with Crippen LogP contribution in [0.15, 0.2) is 23.1 Å². The summed E-state index contributed by atoms with van der Waals surface area (Å²) in [6.07, 6.45) is 3.68. The Bertz CT molecular complexity index is 577. The third-order valence-corrected chi connectivity index (χ3v) is 6.06. The summed E-state index contributed by atoms with van der Waals surface area (Å²) in [7, 11) is -1.75. The molecule has 0 radical (unpaired) electrons. The van der Waals surface area contributed by atoms with Crippen LogP contribution >= 0.6 is 11.6 Å². The summed E-state index contributed by atoms with van der Waals surface area (Å²) in [6.45, 7) is 2.62. The Morgan fingerprint density at radius 3 is 2.55 bits per heavy atom. The summed E-state index contributed by atoms with van der Waals surface area (Å²) in [5.74, 6) is 0. The van der Waals surface area contributed by atoms with Gasteiger partial charge in [-0.25, -0.2) is 13.1 Å². The number of nitrogens with one attached hydrogen (secondary N) is 2. The minimum atomic E-state index is -3.57. The van der Waals surface area contributed by atoms with Gasteiger partial charge in [0.15, 0.2) is 0 Å². The van der Waals surface area contributed by atoms with Gasteiger partial charge >= 0.3 is 0 Å². The van der Waals surface area contributed by atoms with Crippen LogP contribution in [0.1, 0.15) is 38.2 Å². The monoisotopic (exact) mass is 316 g/mol. The maximum Gasteiger partial charge on any atom is 0.242 e. The largest absolute Gasteiger partial charge is 0.316 e. The van der Waals surface area contributed by atoms with Gasteiger partial charge in [0.1, 0.15) is 4.90 Å². The van der Waals surface area contributed by atoms with Gasteiger partial charge in [0.25, 0.3) is 0 Å². The first-order valence-electron chi connectivity index (χ1n) is 6.89. The first-order chi connectivity index (χ1) is 9.42. The van der Waals surface area contributed by atoms with Gasteiger partial charge in [-0.2, -0.15) is 0 Å². The third kappa shape index (κ3) is 3.17. The van der Waals surface area contributed by atoms with Crippen LogP contribution in [0.5, 0.6) is 0 Å². The van der Waals surface area contributed by atoms with Gasteiger partial charge in [0, 0.05) is 12.1 Å². The van der Waals surface area contributed by atoms with Crippen molar-refractivity contribution in [2.45, 2.75) is 49.6 Å². The quantitative estimate of drug-likeness (QED) is 0.848. The van der Waals surface area contributed by atoms with E-state index in [0.717, 1.165) is 31.2 Å². The predicted octanol–water partition coefficient (Wildman–Crippen LogP) is 2.67. The molecule has 0 spiro atoms. The minimum absolute atomic E-state index is 0.173. The van der Waals surface area contributed by atoms with Crippen LogP contribution in [0.25, 0.3) is 0 Å². The summed E-state index contributed by atoms with van der Waals surface area (Å²) >= 11 is 6.07. The minimum Gasteiger partial charge on any atom is -0.316 e. The lowest BCUT2D eigenvalue weighted by atomic mass is 9.76. The zero-order chi connectivity index (χ0) is 14.8. The highest BCUT2D eigenvalue weighted by atomic mass is 35.5. The molecule has 1 fully saturated rings. The van der Waals surface area contributed by atoms with Gasteiger partial charge in [-0.1, -0.05) is 24.6 Å². The fourth-order valence-corrected chi connectivity index (χ4v) is 4.62. The lowest BCUT2D eigenvalue weighted by Crippen LogP contribution is -2.52. The van der Waals surface area contributed by atoms with E-state index in [-0.39, 0.29) is 15.5 Å². The van der Waals surface area contributed by atoms with E-state index in [0.29, 0.717) is 6.54 Å². The Hall–Kier alpha value is -0.620. The average molecular weight is 317 g/mol. The number of halogens is 1. The molecule has 0 atom stereocenters. The number of hydrogen-bond acceptors (Lipinski definition) is 3. The molecule has 20 heavy (non-hydrogen) atoms. The van der Waals surface area contributed by atoms with Crippen molar-refractivity contribution in [2.24, 2.45) is 0 Å². The maximum absolute atomic E-state index is 12.6. The zero-order valence-electron chi connectivity index (χ0n) is 11.9. The topological polar surface area (TPSA) is 58.2 Å². The molecular weight excluding hydrogens is 296 g/mol. The molecule has 1 aliphatic carbocycles. The van der Waals surface area contributed by atoms with E-state index in [1.54, 1.807) is 12.1 Å². The first-order valence-corrected chi connectivity index (χ1v) is 8.75. The van der Waals surface area contributed by atoms with Gasteiger partial charge < -0.3 is 5.32 Å². The van der Waals surface area contributed by atoms with Crippen molar-refractivity contribution < 1.29 is 8.42 Å². The standard InChI is InChI=1S/C14H21ClN2O2S/c1-3-14(7-4-8-14)17-20(18,19)13-9-11(10-16-2)5-6-12(13)15/h5-6,9,16-17H,3-4,7-8,10H2,1-2H3. The van der Waals surface area contributed by atoms with Crippen molar-refractivity contribution in [1.82, 2.24) is 10.0 Å². The van der Waals surface area contributed by atoms with Crippen LogP contribution in [0.3, 0.4) is 0 Å². The van der Waals surface area contributed by atoms with Crippen LogP contribution in [-0.4, -0.2) is 21.0 Å². The highest BCUT2D eigenvalue weighted by molar-refractivity contribution is 7.89. The fraction of sp³-hybridized carbons (Fsp3) is 0.571. The van der Waals surface area contributed by atoms with Gasteiger partial charge in [-0.3, -0.25) is 0 Å². The highest BCUT2D eigenvalue weighted by Gasteiger charge is 2.39. The van der Waals surface area contributed by atoms with Crippen molar-refractivity contribution in [3.63, 3.8) is 0 Å². The predicted molar refractivity (Wildman–Crippen MR) is 81.4 cm³/mol. The van der Waals surface area contributed by atoms with Gasteiger partial charge in [-0.05, 0) is 50.4 Å². The van der Waals surface area contributed by atoms with Crippen molar-refractivity contribution >= 4 is 21.6 Å². The number of hydrogen-bond donors (Lipinski definition) is 2. The van der Waals surface area contributed by atoms with E-state index < -0.39 is 10.0 Å². The third-order valence-electron chi connectivity index (χ3n) is 4.00. The molecule has 0 amide bonds. The molecule has 0 heterocycles. The van der Waals surface area contributed by atoms with Gasteiger partial charge in [-0.15, -0.1) is 0 Å². The van der Waals surface area contributed by atoms with Crippen molar-refractivity contribution in [3.05, 3.63) is 28.8 Å². The maximum atomic E-state index is 12.6. The highest BCUT2D eigenvalue weighted by Crippen LogP contribution is 2.36. The normalized spacial score (nSPS) is 17.8. The molecular formula is C14H21ClN2O2S. The van der Waals surface area contributed by atoms with E-state index in [4.69, 9.17) is 11.6 Å². The number of benzene rings is 1. The Balaban J connectivity index is 2.31. The van der Waals surface area contributed by atoms with Crippen LogP contribution < -0.4 is 10.0 Å². The molecule has 6 heteroatoms. The van der Waals surface area contributed by atoms with Crippen LogP contribution in [-0.2, 0) is 16.6 Å². The molecule has 0 aliphatic heterocycles. The Labute approximate surface area is 126 Å². The Kier molecular flexibility index (Phi) is 4.74.